The molecule has 1 fully saturated rings. The first-order valence-corrected chi connectivity index (χ1v) is 8.81. The molecule has 0 bridgehead atoms. The van der Waals surface area contributed by atoms with Crippen molar-refractivity contribution in [1.29, 1.82) is 0 Å². The van der Waals surface area contributed by atoms with E-state index in [1.165, 1.54) is 0 Å². The molecule has 1 aliphatic rings. The Labute approximate surface area is 149 Å². The van der Waals surface area contributed by atoms with Crippen LogP contribution in [-0.4, -0.2) is 55.6 Å². The minimum atomic E-state index is -0.0102. The molecule has 0 radical (unpaired) electrons. The summed E-state index contributed by atoms with van der Waals surface area (Å²) >= 11 is 0. The van der Waals surface area contributed by atoms with Crippen molar-refractivity contribution in [3.05, 3.63) is 23.9 Å². The third-order valence-corrected chi connectivity index (χ3v) is 4.30. The van der Waals surface area contributed by atoms with Crippen LogP contribution < -0.4 is 15.4 Å². The van der Waals surface area contributed by atoms with Gasteiger partial charge in [0.15, 0.2) is 5.96 Å². The van der Waals surface area contributed by atoms with Gasteiger partial charge in [-0.05, 0) is 32.3 Å². The molecule has 1 aromatic rings. The van der Waals surface area contributed by atoms with Crippen LogP contribution in [0.15, 0.2) is 23.3 Å². The zero-order valence-electron chi connectivity index (χ0n) is 15.4. The topological polar surface area (TPSA) is 88.0 Å². The number of ether oxygens (including phenoxy) is 2. The Morgan fingerprint density at radius 1 is 1.44 bits per heavy atom. The number of hydrogen-bond acceptors (Lipinski definition) is 5. The average Bonchev–Trinajstić information content (AvgIpc) is 3.05. The van der Waals surface area contributed by atoms with Crippen LogP contribution >= 0.6 is 0 Å². The summed E-state index contributed by atoms with van der Waals surface area (Å²) in [6.45, 7) is 6.92. The van der Waals surface area contributed by atoms with Gasteiger partial charge in [0.2, 0.25) is 5.88 Å². The Hall–Kier alpha value is -1.86. The monoisotopic (exact) mass is 350 g/mol. The van der Waals surface area contributed by atoms with E-state index in [-0.39, 0.29) is 18.1 Å². The highest BCUT2D eigenvalue weighted by molar-refractivity contribution is 5.79. The first-order valence-electron chi connectivity index (χ1n) is 8.81. The van der Waals surface area contributed by atoms with Crippen LogP contribution in [0, 0.1) is 5.41 Å². The second-order valence-corrected chi connectivity index (χ2v) is 6.73. The lowest BCUT2D eigenvalue weighted by Crippen LogP contribution is -2.44. The molecule has 1 atom stereocenters. The molecule has 1 aliphatic heterocycles. The number of guanidine groups is 1. The van der Waals surface area contributed by atoms with E-state index >= 15 is 0 Å². The van der Waals surface area contributed by atoms with Crippen molar-refractivity contribution in [2.45, 2.75) is 39.3 Å². The predicted molar refractivity (Wildman–Crippen MR) is 97.8 cm³/mol. The first kappa shape index (κ1) is 19.5. The number of rotatable bonds is 8. The fraction of sp³-hybridized carbons (Fsp3) is 0.667. The molecule has 0 spiro atoms. The van der Waals surface area contributed by atoms with Crippen molar-refractivity contribution >= 4 is 5.96 Å². The summed E-state index contributed by atoms with van der Waals surface area (Å²) in [5.74, 6) is 1.36. The van der Waals surface area contributed by atoms with Crippen LogP contribution in [0.4, 0.5) is 0 Å². The molecule has 1 aromatic heterocycles. The maximum atomic E-state index is 9.30. The number of pyridine rings is 1. The minimum Gasteiger partial charge on any atom is -0.475 e. The second-order valence-electron chi connectivity index (χ2n) is 6.73. The summed E-state index contributed by atoms with van der Waals surface area (Å²) in [5.41, 5.74) is 1.04. The smallest absolute Gasteiger partial charge is 0.213 e. The van der Waals surface area contributed by atoms with Crippen molar-refractivity contribution in [2.75, 3.05) is 33.4 Å². The molecule has 0 amide bonds. The van der Waals surface area contributed by atoms with E-state index in [1.807, 2.05) is 26.0 Å². The second kappa shape index (κ2) is 9.58. The lowest BCUT2D eigenvalue weighted by atomic mass is 9.84. The summed E-state index contributed by atoms with van der Waals surface area (Å²) in [6.07, 6.45) is 3.61. The van der Waals surface area contributed by atoms with Crippen LogP contribution in [0.25, 0.3) is 0 Å². The van der Waals surface area contributed by atoms with E-state index in [9.17, 15) is 5.11 Å². The van der Waals surface area contributed by atoms with Gasteiger partial charge in [-0.25, -0.2) is 4.98 Å². The standard InChI is InChI=1S/C18H30N4O3/c1-14(2)25-16-5-4-15(10-20-16)11-21-17(19-3)22-12-18(6-8-23)7-9-24-13-18/h4-5,10,14,23H,6-9,11-13H2,1-3H3,(H2,19,21,22). The van der Waals surface area contributed by atoms with Crippen LogP contribution in [-0.2, 0) is 11.3 Å². The van der Waals surface area contributed by atoms with Crippen LogP contribution in [0.1, 0.15) is 32.3 Å². The van der Waals surface area contributed by atoms with Crippen molar-refractivity contribution < 1.29 is 14.6 Å². The Balaban J connectivity index is 1.81. The molecule has 2 heterocycles. The minimum absolute atomic E-state index is 0.0102. The number of nitrogens with one attached hydrogen (secondary N) is 2. The molecule has 0 aromatic carbocycles. The lowest BCUT2D eigenvalue weighted by molar-refractivity contribution is 0.127. The number of aliphatic imine (C=N–C) groups is 1. The van der Waals surface area contributed by atoms with Crippen molar-refractivity contribution in [3.63, 3.8) is 0 Å². The molecule has 25 heavy (non-hydrogen) atoms. The van der Waals surface area contributed by atoms with Crippen molar-refractivity contribution in [3.8, 4) is 5.88 Å². The normalized spacial score (nSPS) is 20.8. The van der Waals surface area contributed by atoms with E-state index in [4.69, 9.17) is 9.47 Å². The van der Waals surface area contributed by atoms with Gasteiger partial charge < -0.3 is 25.2 Å². The summed E-state index contributed by atoms with van der Waals surface area (Å²) in [6, 6.07) is 3.86. The Kier molecular flexibility index (Phi) is 7.46. The van der Waals surface area contributed by atoms with Gasteiger partial charge in [-0.15, -0.1) is 0 Å². The molecular weight excluding hydrogens is 320 g/mol. The van der Waals surface area contributed by atoms with E-state index in [2.05, 4.69) is 20.6 Å². The SMILES string of the molecule is CN=C(NCc1ccc(OC(C)C)nc1)NCC1(CCO)CCOC1. The zero-order chi connectivity index (χ0) is 18.1. The van der Waals surface area contributed by atoms with E-state index in [0.29, 0.717) is 19.0 Å². The third-order valence-electron chi connectivity index (χ3n) is 4.30. The molecule has 7 nitrogen and oxygen atoms in total. The number of aliphatic hydroxyl groups excluding tert-OH is 1. The molecule has 2 rings (SSSR count). The third kappa shape index (κ3) is 6.17. The van der Waals surface area contributed by atoms with Gasteiger partial charge in [0.05, 0.1) is 12.7 Å². The fourth-order valence-corrected chi connectivity index (χ4v) is 2.82. The summed E-state index contributed by atoms with van der Waals surface area (Å²) < 4.78 is 11.1. The summed E-state index contributed by atoms with van der Waals surface area (Å²) in [7, 11) is 1.75. The number of aliphatic hydroxyl groups is 1. The first-order chi connectivity index (χ1) is 12.1. The largest absolute Gasteiger partial charge is 0.475 e. The molecule has 140 valence electrons. The van der Waals surface area contributed by atoms with Gasteiger partial charge >= 0.3 is 0 Å². The maximum Gasteiger partial charge on any atom is 0.213 e. The van der Waals surface area contributed by atoms with Crippen LogP contribution in [0.5, 0.6) is 5.88 Å². The highest BCUT2D eigenvalue weighted by atomic mass is 16.5. The summed E-state index contributed by atoms with van der Waals surface area (Å²) in [5, 5.41) is 15.9. The fourth-order valence-electron chi connectivity index (χ4n) is 2.82. The molecular formula is C18H30N4O3. The van der Waals surface area contributed by atoms with Gasteiger partial charge in [0.1, 0.15) is 0 Å². The summed E-state index contributed by atoms with van der Waals surface area (Å²) in [4.78, 5) is 8.56. The lowest BCUT2D eigenvalue weighted by Gasteiger charge is -2.27. The molecule has 0 aliphatic carbocycles. The Morgan fingerprint density at radius 3 is 2.84 bits per heavy atom. The number of aromatic nitrogens is 1. The van der Waals surface area contributed by atoms with Gasteiger partial charge in [0, 0.05) is 51.0 Å². The highest BCUT2D eigenvalue weighted by Crippen LogP contribution is 2.31. The Morgan fingerprint density at radius 2 is 2.28 bits per heavy atom. The van der Waals surface area contributed by atoms with Gasteiger partial charge in [-0.2, -0.15) is 0 Å². The Bertz CT molecular complexity index is 540. The molecule has 3 N–H and O–H groups in total. The molecule has 1 saturated heterocycles. The quantitative estimate of drug-likeness (QED) is 0.484. The van der Waals surface area contributed by atoms with Crippen molar-refractivity contribution in [1.82, 2.24) is 15.6 Å². The number of nitrogens with zero attached hydrogens (tertiary/aromatic N) is 2. The molecule has 0 saturated carbocycles. The van der Waals surface area contributed by atoms with E-state index in [1.54, 1.807) is 13.2 Å². The number of hydrogen-bond donors (Lipinski definition) is 3. The van der Waals surface area contributed by atoms with Crippen LogP contribution in [0.3, 0.4) is 0 Å². The van der Waals surface area contributed by atoms with E-state index < -0.39 is 0 Å². The molecule has 1 unspecified atom stereocenters. The highest BCUT2D eigenvalue weighted by Gasteiger charge is 2.34. The van der Waals surface area contributed by atoms with Gasteiger partial charge in [0.25, 0.3) is 0 Å². The van der Waals surface area contributed by atoms with E-state index in [0.717, 1.165) is 37.5 Å². The zero-order valence-corrected chi connectivity index (χ0v) is 15.4. The van der Waals surface area contributed by atoms with Gasteiger partial charge in [-0.3, -0.25) is 4.99 Å². The van der Waals surface area contributed by atoms with Crippen molar-refractivity contribution in [2.24, 2.45) is 10.4 Å². The predicted octanol–water partition coefficient (Wildman–Crippen LogP) is 1.32. The average molecular weight is 350 g/mol. The molecule has 7 heteroatoms. The van der Waals surface area contributed by atoms with Crippen LogP contribution in [0.2, 0.25) is 0 Å². The van der Waals surface area contributed by atoms with Gasteiger partial charge in [-0.1, -0.05) is 6.07 Å². The maximum absolute atomic E-state index is 9.30.